The minimum Gasteiger partial charge on any atom is -0.444 e. The van der Waals surface area contributed by atoms with Crippen LogP contribution in [0.1, 0.15) is 26.3 Å². The Bertz CT molecular complexity index is 574. The van der Waals surface area contributed by atoms with Crippen LogP contribution in [0.25, 0.3) is 0 Å². The van der Waals surface area contributed by atoms with Crippen molar-refractivity contribution in [3.8, 4) is 0 Å². The first-order chi connectivity index (χ1) is 10.1. The van der Waals surface area contributed by atoms with Gasteiger partial charge in [-0.2, -0.15) is 0 Å². The van der Waals surface area contributed by atoms with Gasteiger partial charge in [-0.05, 0) is 38.5 Å². The molecule has 0 unspecified atom stereocenters. The van der Waals surface area contributed by atoms with E-state index in [9.17, 15) is 19.3 Å². The summed E-state index contributed by atoms with van der Waals surface area (Å²) in [6, 6.07) is 5.61. The lowest BCUT2D eigenvalue weighted by atomic mass is 9.74. The molecule has 0 saturated carbocycles. The number of likely N-dealkylation sites (tertiary alicyclic amines) is 1. The summed E-state index contributed by atoms with van der Waals surface area (Å²) in [5.74, 6) is -0.400. The van der Waals surface area contributed by atoms with Crippen LogP contribution < -0.4 is 0 Å². The highest BCUT2D eigenvalue weighted by atomic mass is 19.1. The van der Waals surface area contributed by atoms with Crippen LogP contribution in [-0.4, -0.2) is 41.2 Å². The smallest absolute Gasteiger partial charge is 0.410 e. The number of nitrogens with zero attached hydrogens (tertiary/aromatic N) is 2. The molecule has 1 aliphatic rings. The Balaban J connectivity index is 2.13. The molecule has 120 valence electrons. The van der Waals surface area contributed by atoms with Crippen LogP contribution in [0.3, 0.4) is 0 Å². The van der Waals surface area contributed by atoms with E-state index in [-0.39, 0.29) is 19.6 Å². The molecule has 22 heavy (non-hydrogen) atoms. The van der Waals surface area contributed by atoms with Crippen LogP contribution in [0, 0.1) is 15.9 Å². The second-order valence-electron chi connectivity index (χ2n) is 6.61. The SMILES string of the molecule is CC(C)(C)OC(=O)N1CC(C[N+](=O)[O-])(c2ccc(F)cc2)C1. The number of carbonyl (C=O) groups is 1. The number of ether oxygens (including phenoxy) is 1. The normalized spacial score (nSPS) is 16.8. The van der Waals surface area contributed by atoms with E-state index in [1.807, 2.05) is 0 Å². The molecule has 0 aliphatic carbocycles. The summed E-state index contributed by atoms with van der Waals surface area (Å²) in [5, 5.41) is 11.0. The zero-order chi connectivity index (χ0) is 16.5. The Morgan fingerprint density at radius 1 is 1.36 bits per heavy atom. The monoisotopic (exact) mass is 310 g/mol. The Morgan fingerprint density at radius 2 is 1.91 bits per heavy atom. The molecule has 1 saturated heterocycles. The highest BCUT2D eigenvalue weighted by molar-refractivity contribution is 5.70. The van der Waals surface area contributed by atoms with Gasteiger partial charge < -0.3 is 9.64 Å². The molecule has 7 heteroatoms. The highest BCUT2D eigenvalue weighted by Gasteiger charge is 2.51. The van der Waals surface area contributed by atoms with E-state index in [0.717, 1.165) is 0 Å². The zero-order valence-corrected chi connectivity index (χ0v) is 12.8. The van der Waals surface area contributed by atoms with Crippen molar-refractivity contribution >= 4 is 6.09 Å². The van der Waals surface area contributed by atoms with E-state index in [0.29, 0.717) is 5.56 Å². The number of rotatable bonds is 3. The summed E-state index contributed by atoms with van der Waals surface area (Å²) in [6.07, 6.45) is -0.492. The number of amides is 1. The maximum absolute atomic E-state index is 13.0. The fourth-order valence-corrected chi connectivity index (χ4v) is 2.56. The number of benzene rings is 1. The van der Waals surface area contributed by atoms with Gasteiger partial charge in [0.2, 0.25) is 6.54 Å². The maximum atomic E-state index is 13.0. The van der Waals surface area contributed by atoms with E-state index in [2.05, 4.69) is 0 Å². The summed E-state index contributed by atoms with van der Waals surface area (Å²) < 4.78 is 18.3. The van der Waals surface area contributed by atoms with Gasteiger partial charge in [0.25, 0.3) is 0 Å². The lowest BCUT2D eigenvalue weighted by Gasteiger charge is -2.47. The van der Waals surface area contributed by atoms with Crippen molar-refractivity contribution in [3.63, 3.8) is 0 Å². The summed E-state index contributed by atoms with van der Waals surface area (Å²) in [4.78, 5) is 23.9. The quantitative estimate of drug-likeness (QED) is 0.635. The summed E-state index contributed by atoms with van der Waals surface area (Å²) in [6.45, 7) is 5.35. The minimum absolute atomic E-state index is 0.189. The van der Waals surface area contributed by atoms with E-state index in [1.165, 1.54) is 29.2 Å². The van der Waals surface area contributed by atoms with Crippen molar-refractivity contribution in [2.24, 2.45) is 0 Å². The number of halogens is 1. The molecule has 0 atom stereocenters. The van der Waals surface area contributed by atoms with Crippen LogP contribution in [0.5, 0.6) is 0 Å². The Kier molecular flexibility index (Phi) is 4.08. The van der Waals surface area contributed by atoms with Crippen molar-refractivity contribution in [1.82, 2.24) is 4.90 Å². The van der Waals surface area contributed by atoms with Crippen LogP contribution >= 0.6 is 0 Å². The lowest BCUT2D eigenvalue weighted by molar-refractivity contribution is -0.494. The molecule has 1 amide bonds. The Morgan fingerprint density at radius 3 is 2.36 bits per heavy atom. The van der Waals surface area contributed by atoms with Gasteiger partial charge in [-0.25, -0.2) is 9.18 Å². The molecule has 1 aromatic rings. The molecule has 0 spiro atoms. The standard InChI is InChI=1S/C15H19FN2O4/c1-14(2,3)22-13(19)17-8-15(9-17,10-18(20)21)11-4-6-12(16)7-5-11/h4-7H,8-10H2,1-3H3. The molecular weight excluding hydrogens is 291 g/mol. The first-order valence-electron chi connectivity index (χ1n) is 6.97. The van der Waals surface area contributed by atoms with Crippen molar-refractivity contribution in [2.75, 3.05) is 19.6 Å². The topological polar surface area (TPSA) is 72.7 Å². The van der Waals surface area contributed by atoms with Crippen LogP contribution in [-0.2, 0) is 10.2 Å². The van der Waals surface area contributed by atoms with Crippen molar-refractivity contribution in [2.45, 2.75) is 31.8 Å². The van der Waals surface area contributed by atoms with Gasteiger partial charge in [0, 0.05) is 18.0 Å². The van der Waals surface area contributed by atoms with Gasteiger partial charge in [-0.15, -0.1) is 0 Å². The van der Waals surface area contributed by atoms with Crippen molar-refractivity contribution in [1.29, 1.82) is 0 Å². The van der Waals surface area contributed by atoms with E-state index in [1.54, 1.807) is 20.8 Å². The predicted molar refractivity (Wildman–Crippen MR) is 77.7 cm³/mol. The molecule has 1 heterocycles. The van der Waals surface area contributed by atoms with Crippen molar-refractivity contribution in [3.05, 3.63) is 45.8 Å². The fourth-order valence-electron chi connectivity index (χ4n) is 2.56. The second kappa shape index (κ2) is 5.55. The molecule has 0 bridgehead atoms. The van der Waals surface area contributed by atoms with Gasteiger partial charge >= 0.3 is 6.09 Å². The molecule has 0 N–H and O–H groups in total. The molecule has 6 nitrogen and oxygen atoms in total. The third kappa shape index (κ3) is 3.52. The van der Waals surface area contributed by atoms with E-state index < -0.39 is 27.8 Å². The zero-order valence-electron chi connectivity index (χ0n) is 12.8. The van der Waals surface area contributed by atoms with Gasteiger partial charge in [0.1, 0.15) is 11.4 Å². The maximum Gasteiger partial charge on any atom is 0.410 e. The molecule has 1 aliphatic heterocycles. The first kappa shape index (κ1) is 16.2. The third-order valence-electron chi connectivity index (χ3n) is 3.53. The van der Waals surface area contributed by atoms with Gasteiger partial charge in [0.05, 0.1) is 5.41 Å². The minimum atomic E-state index is -0.784. The number of carbonyl (C=O) groups excluding carboxylic acids is 1. The number of hydrogen-bond acceptors (Lipinski definition) is 4. The fraction of sp³-hybridized carbons (Fsp3) is 0.533. The van der Waals surface area contributed by atoms with E-state index in [4.69, 9.17) is 4.74 Å². The van der Waals surface area contributed by atoms with Gasteiger partial charge in [-0.1, -0.05) is 12.1 Å². The predicted octanol–water partition coefficient (Wildman–Crippen LogP) is 2.59. The average Bonchev–Trinajstić information content (AvgIpc) is 2.31. The molecule has 1 aromatic carbocycles. The first-order valence-corrected chi connectivity index (χ1v) is 6.97. The Labute approximate surface area is 128 Å². The molecule has 0 radical (unpaired) electrons. The Hall–Kier alpha value is -2.18. The second-order valence-corrected chi connectivity index (χ2v) is 6.61. The molecule has 0 aromatic heterocycles. The lowest BCUT2D eigenvalue weighted by Crippen LogP contribution is -2.64. The van der Waals surface area contributed by atoms with Crippen LogP contribution in [0.2, 0.25) is 0 Å². The highest BCUT2D eigenvalue weighted by Crippen LogP contribution is 2.36. The molecular formula is C15H19FN2O4. The van der Waals surface area contributed by atoms with Crippen molar-refractivity contribution < 1.29 is 18.8 Å². The average molecular weight is 310 g/mol. The summed E-state index contributed by atoms with van der Waals surface area (Å²) in [5.41, 5.74) is -0.743. The van der Waals surface area contributed by atoms with E-state index >= 15 is 0 Å². The van der Waals surface area contributed by atoms with Gasteiger partial charge in [-0.3, -0.25) is 10.1 Å². The summed E-state index contributed by atoms with van der Waals surface area (Å²) in [7, 11) is 0. The number of hydrogen-bond donors (Lipinski definition) is 0. The molecule has 2 rings (SSSR count). The number of nitro groups is 1. The van der Waals surface area contributed by atoms with Crippen LogP contribution in [0.15, 0.2) is 24.3 Å². The largest absolute Gasteiger partial charge is 0.444 e. The molecule has 1 fully saturated rings. The summed E-state index contributed by atoms with van der Waals surface area (Å²) >= 11 is 0. The van der Waals surface area contributed by atoms with Crippen LogP contribution in [0.4, 0.5) is 9.18 Å². The third-order valence-corrected chi connectivity index (χ3v) is 3.53. The van der Waals surface area contributed by atoms with Gasteiger partial charge in [0.15, 0.2) is 0 Å².